The van der Waals surface area contributed by atoms with Gasteiger partial charge in [0.05, 0.1) is 7.11 Å². The molecule has 0 aromatic rings. The lowest BCUT2D eigenvalue weighted by molar-refractivity contribution is -0.152. The van der Waals surface area contributed by atoms with Crippen LogP contribution in [0.1, 0.15) is 27.2 Å². The van der Waals surface area contributed by atoms with Gasteiger partial charge in [-0.25, -0.2) is 9.59 Å². The normalized spacial score (nSPS) is 12.8. The molecule has 1 amide bonds. The molecule has 0 heterocycles. The quantitative estimate of drug-likeness (QED) is 0.736. The molecule has 0 aliphatic carbocycles. The van der Waals surface area contributed by atoms with Gasteiger partial charge >= 0.3 is 12.1 Å². The first-order chi connectivity index (χ1) is 7.80. The van der Waals surface area contributed by atoms with Crippen molar-refractivity contribution < 1.29 is 23.8 Å². The molecule has 17 heavy (non-hydrogen) atoms. The van der Waals surface area contributed by atoms with E-state index < -0.39 is 23.8 Å². The molecule has 6 heteroatoms. The van der Waals surface area contributed by atoms with Crippen molar-refractivity contribution >= 4 is 12.1 Å². The van der Waals surface area contributed by atoms with Crippen LogP contribution < -0.4 is 5.32 Å². The van der Waals surface area contributed by atoms with Gasteiger partial charge in [0.2, 0.25) is 0 Å². The fraction of sp³-hybridized carbons (Fsp3) is 0.818. The molecule has 1 N–H and O–H groups in total. The number of esters is 1. The lowest BCUT2D eigenvalue weighted by Crippen LogP contribution is -2.35. The van der Waals surface area contributed by atoms with Crippen molar-refractivity contribution in [2.45, 2.75) is 38.9 Å². The highest BCUT2D eigenvalue weighted by Crippen LogP contribution is 2.06. The number of carbonyl (C=O) groups is 2. The van der Waals surface area contributed by atoms with Crippen LogP contribution in [0.3, 0.4) is 0 Å². The molecule has 0 aliphatic rings. The Morgan fingerprint density at radius 3 is 2.24 bits per heavy atom. The van der Waals surface area contributed by atoms with Crippen molar-refractivity contribution in [3.8, 4) is 0 Å². The van der Waals surface area contributed by atoms with Gasteiger partial charge in [-0.1, -0.05) is 0 Å². The summed E-state index contributed by atoms with van der Waals surface area (Å²) in [6, 6.07) is 0. The summed E-state index contributed by atoms with van der Waals surface area (Å²) in [5.74, 6) is -0.460. The second-order valence-electron chi connectivity index (χ2n) is 4.46. The molecule has 0 saturated heterocycles. The largest absolute Gasteiger partial charge is 0.467 e. The third-order valence-electron chi connectivity index (χ3n) is 1.82. The van der Waals surface area contributed by atoms with Crippen LogP contribution in [0.15, 0.2) is 0 Å². The van der Waals surface area contributed by atoms with E-state index in [1.54, 1.807) is 20.8 Å². The van der Waals surface area contributed by atoms with Crippen LogP contribution in [0.2, 0.25) is 0 Å². The van der Waals surface area contributed by atoms with Crippen molar-refractivity contribution in [2.24, 2.45) is 0 Å². The Bertz CT molecular complexity index is 259. The number of methoxy groups -OCH3 is 2. The molecule has 1 atom stereocenters. The van der Waals surface area contributed by atoms with Crippen LogP contribution in [0.4, 0.5) is 4.79 Å². The second-order valence-corrected chi connectivity index (χ2v) is 4.46. The zero-order valence-electron chi connectivity index (χ0n) is 11.0. The molecular formula is C11H21NO5. The number of hydrogen-bond donors (Lipinski definition) is 1. The van der Waals surface area contributed by atoms with E-state index in [1.165, 1.54) is 14.2 Å². The first-order valence-corrected chi connectivity index (χ1v) is 5.37. The predicted molar refractivity (Wildman–Crippen MR) is 61.7 cm³/mol. The second kappa shape index (κ2) is 7.11. The molecule has 0 aromatic heterocycles. The van der Waals surface area contributed by atoms with Crippen LogP contribution in [0.5, 0.6) is 0 Å². The van der Waals surface area contributed by atoms with Gasteiger partial charge in [-0.3, -0.25) is 0 Å². The summed E-state index contributed by atoms with van der Waals surface area (Å²) < 4.78 is 14.5. The third-order valence-corrected chi connectivity index (χ3v) is 1.82. The Labute approximate surface area is 102 Å². The molecule has 0 bridgehead atoms. The zero-order chi connectivity index (χ0) is 13.5. The van der Waals surface area contributed by atoms with E-state index in [1.807, 2.05) is 0 Å². The van der Waals surface area contributed by atoms with Gasteiger partial charge in [-0.15, -0.1) is 0 Å². The Morgan fingerprint density at radius 2 is 1.82 bits per heavy atom. The SMILES string of the molecule is COC(=O)[C@@H](CCNC(=O)OC(C)(C)C)OC. The highest BCUT2D eigenvalue weighted by Gasteiger charge is 2.19. The van der Waals surface area contributed by atoms with Crippen LogP contribution in [0.25, 0.3) is 0 Å². The van der Waals surface area contributed by atoms with E-state index in [4.69, 9.17) is 9.47 Å². The number of nitrogens with one attached hydrogen (secondary N) is 1. The van der Waals surface area contributed by atoms with Gasteiger partial charge in [0.1, 0.15) is 5.60 Å². The molecule has 0 unspecified atom stereocenters. The predicted octanol–water partition coefficient (Wildman–Crippen LogP) is 1.09. The average molecular weight is 247 g/mol. The minimum atomic E-state index is -0.671. The summed E-state index contributed by atoms with van der Waals surface area (Å²) >= 11 is 0. The van der Waals surface area contributed by atoms with Gasteiger partial charge in [0, 0.05) is 20.1 Å². The van der Waals surface area contributed by atoms with E-state index in [2.05, 4.69) is 10.1 Å². The summed E-state index contributed by atoms with van der Waals surface area (Å²) in [5.41, 5.74) is -0.535. The fourth-order valence-corrected chi connectivity index (χ4v) is 1.08. The molecule has 0 spiro atoms. The molecule has 100 valence electrons. The average Bonchev–Trinajstić information content (AvgIpc) is 2.21. The van der Waals surface area contributed by atoms with Gasteiger partial charge in [0.25, 0.3) is 0 Å². The standard InChI is InChI=1S/C11H21NO5/c1-11(2,3)17-10(14)12-7-6-8(15-4)9(13)16-5/h8H,6-7H2,1-5H3,(H,12,14)/t8-/m1/s1. The topological polar surface area (TPSA) is 73.9 Å². The highest BCUT2D eigenvalue weighted by molar-refractivity contribution is 5.74. The van der Waals surface area contributed by atoms with Crippen LogP contribution in [-0.2, 0) is 19.0 Å². The fourth-order valence-electron chi connectivity index (χ4n) is 1.08. The third kappa shape index (κ3) is 7.57. The van der Waals surface area contributed by atoms with Gasteiger partial charge in [-0.05, 0) is 20.8 Å². The molecule has 0 rings (SSSR count). The van der Waals surface area contributed by atoms with Crippen molar-refractivity contribution in [3.05, 3.63) is 0 Å². The first-order valence-electron chi connectivity index (χ1n) is 5.37. The maximum Gasteiger partial charge on any atom is 0.407 e. The van der Waals surface area contributed by atoms with Crippen molar-refractivity contribution in [2.75, 3.05) is 20.8 Å². The van der Waals surface area contributed by atoms with E-state index in [0.717, 1.165) is 0 Å². The summed E-state index contributed by atoms with van der Waals surface area (Å²) in [7, 11) is 2.70. The maximum absolute atomic E-state index is 11.3. The number of rotatable bonds is 5. The lowest BCUT2D eigenvalue weighted by Gasteiger charge is -2.20. The van der Waals surface area contributed by atoms with Crippen LogP contribution in [0, 0.1) is 0 Å². The molecule has 0 aliphatic heterocycles. The minimum absolute atomic E-state index is 0.280. The molecule has 6 nitrogen and oxygen atoms in total. The minimum Gasteiger partial charge on any atom is -0.467 e. The zero-order valence-corrected chi connectivity index (χ0v) is 11.0. The van der Waals surface area contributed by atoms with Crippen molar-refractivity contribution in [1.82, 2.24) is 5.32 Å². The Kier molecular flexibility index (Phi) is 6.57. The molecule has 0 saturated carbocycles. The highest BCUT2D eigenvalue weighted by atomic mass is 16.6. The van der Waals surface area contributed by atoms with Gasteiger partial charge < -0.3 is 19.5 Å². The van der Waals surface area contributed by atoms with Crippen LogP contribution >= 0.6 is 0 Å². The smallest absolute Gasteiger partial charge is 0.407 e. The Morgan fingerprint density at radius 1 is 1.24 bits per heavy atom. The number of ether oxygens (including phenoxy) is 3. The van der Waals surface area contributed by atoms with Crippen molar-refractivity contribution in [3.63, 3.8) is 0 Å². The summed E-state index contributed by atoms with van der Waals surface area (Å²) in [6.45, 7) is 5.61. The van der Waals surface area contributed by atoms with Crippen molar-refractivity contribution in [1.29, 1.82) is 0 Å². The Balaban J connectivity index is 3.90. The Hall–Kier alpha value is -1.30. The molecule has 0 aromatic carbocycles. The molecular weight excluding hydrogens is 226 g/mol. The van der Waals surface area contributed by atoms with E-state index in [9.17, 15) is 9.59 Å². The first kappa shape index (κ1) is 15.7. The summed E-state index contributed by atoms with van der Waals surface area (Å²) in [5, 5.41) is 2.53. The number of carbonyl (C=O) groups excluding carboxylic acids is 2. The van der Waals surface area contributed by atoms with E-state index in [0.29, 0.717) is 6.42 Å². The molecule has 0 radical (unpaired) electrons. The van der Waals surface area contributed by atoms with E-state index >= 15 is 0 Å². The lowest BCUT2D eigenvalue weighted by atomic mass is 10.2. The van der Waals surface area contributed by atoms with Gasteiger partial charge in [0.15, 0.2) is 6.10 Å². The number of amides is 1. The molecule has 0 fully saturated rings. The maximum atomic E-state index is 11.3. The van der Waals surface area contributed by atoms with Crippen LogP contribution in [-0.4, -0.2) is 44.5 Å². The van der Waals surface area contributed by atoms with E-state index in [-0.39, 0.29) is 6.54 Å². The van der Waals surface area contributed by atoms with Gasteiger partial charge in [-0.2, -0.15) is 0 Å². The number of alkyl carbamates (subject to hydrolysis) is 1. The summed E-state index contributed by atoms with van der Waals surface area (Å²) in [4.78, 5) is 22.4. The summed E-state index contributed by atoms with van der Waals surface area (Å²) in [6.07, 6.45) is -0.852. The monoisotopic (exact) mass is 247 g/mol. The number of hydrogen-bond acceptors (Lipinski definition) is 5.